The van der Waals surface area contributed by atoms with E-state index in [-0.39, 0.29) is 5.57 Å². The number of hydrogen-bond donors (Lipinski definition) is 1. The summed E-state index contributed by atoms with van der Waals surface area (Å²) in [5.74, 6) is -1.22. The standard InChI is InChI=1S/C29H31N3O4/c1-3-31(4-2)17-18-32-26(23-11-8-16-30-19-23)25(28(34)29(32)35)27(33)22-12-14-24(15-13-22)36-20-21-9-6-5-7-10-21/h5-16,19,26,33H,3-4,17-18,20H2,1-2H3. The Morgan fingerprint density at radius 3 is 2.36 bits per heavy atom. The zero-order valence-corrected chi connectivity index (χ0v) is 20.6. The van der Waals surface area contributed by atoms with Crippen molar-refractivity contribution < 1.29 is 24.3 Å². The molecule has 1 N–H and O–H groups in total. The molecule has 0 aliphatic carbocycles. The van der Waals surface area contributed by atoms with E-state index in [2.05, 4.69) is 18.8 Å². The number of carbonyl (C=O) groups is 2. The van der Waals surface area contributed by atoms with E-state index in [1.54, 1.807) is 48.8 Å². The van der Waals surface area contributed by atoms with Crippen molar-refractivity contribution >= 4 is 17.4 Å². The number of benzene rings is 2. The molecule has 2 aromatic carbocycles. The Balaban J connectivity index is 1.62. The molecule has 1 atom stereocenters. The van der Waals surface area contributed by atoms with Gasteiger partial charge in [-0.05, 0) is 48.7 Å². The highest BCUT2D eigenvalue weighted by Crippen LogP contribution is 2.38. The molecule has 0 radical (unpaired) electrons. The highest BCUT2D eigenvalue weighted by molar-refractivity contribution is 6.46. The van der Waals surface area contributed by atoms with Gasteiger partial charge in [-0.15, -0.1) is 0 Å². The molecule has 3 aromatic rings. The van der Waals surface area contributed by atoms with Crippen LogP contribution in [0.4, 0.5) is 0 Å². The summed E-state index contributed by atoms with van der Waals surface area (Å²) in [5, 5.41) is 13.6. The fraction of sp³-hybridized carbons (Fsp3) is 0.276. The van der Waals surface area contributed by atoms with Crippen LogP contribution in [0.25, 0.3) is 5.76 Å². The SMILES string of the molecule is CC[NH+](CC)CCN1C(=O)C(=O)C(=C([O-])c2ccc(OCc3ccccc3)cc2)C1c1cccnc1. The molecule has 7 nitrogen and oxygen atoms in total. The highest BCUT2D eigenvalue weighted by Gasteiger charge is 2.44. The van der Waals surface area contributed by atoms with Gasteiger partial charge in [0, 0.05) is 18.0 Å². The summed E-state index contributed by atoms with van der Waals surface area (Å²) in [7, 11) is 0. The predicted octanol–water partition coefficient (Wildman–Crippen LogP) is 1.81. The maximum Gasteiger partial charge on any atom is 0.295 e. The van der Waals surface area contributed by atoms with Gasteiger partial charge in [0.2, 0.25) is 5.78 Å². The van der Waals surface area contributed by atoms with Crippen molar-refractivity contribution in [2.45, 2.75) is 26.5 Å². The molecule has 1 fully saturated rings. The molecule has 186 valence electrons. The highest BCUT2D eigenvalue weighted by atomic mass is 16.5. The molecule has 36 heavy (non-hydrogen) atoms. The van der Waals surface area contributed by atoms with Crippen LogP contribution in [0.2, 0.25) is 0 Å². The minimum atomic E-state index is -0.754. The number of rotatable bonds is 10. The first-order chi connectivity index (χ1) is 17.5. The average molecular weight is 486 g/mol. The van der Waals surface area contributed by atoms with Gasteiger partial charge in [-0.2, -0.15) is 0 Å². The molecule has 1 amide bonds. The molecule has 4 rings (SSSR count). The minimum absolute atomic E-state index is 0.0273. The Hall–Kier alpha value is -3.97. The summed E-state index contributed by atoms with van der Waals surface area (Å²) < 4.78 is 5.82. The lowest BCUT2D eigenvalue weighted by atomic mass is 9.96. The van der Waals surface area contributed by atoms with Gasteiger partial charge in [0.25, 0.3) is 5.91 Å². The van der Waals surface area contributed by atoms with Gasteiger partial charge in [0.05, 0.1) is 32.2 Å². The van der Waals surface area contributed by atoms with Crippen molar-refractivity contribution in [1.29, 1.82) is 0 Å². The number of nitrogens with zero attached hydrogens (tertiary/aromatic N) is 2. The fourth-order valence-corrected chi connectivity index (χ4v) is 4.47. The van der Waals surface area contributed by atoms with E-state index >= 15 is 0 Å². The molecule has 1 aromatic heterocycles. The van der Waals surface area contributed by atoms with E-state index in [9.17, 15) is 14.7 Å². The van der Waals surface area contributed by atoms with Crippen molar-refractivity contribution in [2.75, 3.05) is 26.2 Å². The number of amides is 1. The van der Waals surface area contributed by atoms with Crippen LogP contribution in [-0.2, 0) is 16.2 Å². The van der Waals surface area contributed by atoms with Gasteiger partial charge in [-0.25, -0.2) is 0 Å². The Labute approximate surface area is 211 Å². The first kappa shape index (κ1) is 25.1. The first-order valence-electron chi connectivity index (χ1n) is 12.3. The Kier molecular flexibility index (Phi) is 8.13. The second-order valence-electron chi connectivity index (χ2n) is 8.77. The van der Waals surface area contributed by atoms with Crippen LogP contribution >= 0.6 is 0 Å². The largest absolute Gasteiger partial charge is 0.872 e. The molecule has 2 heterocycles. The van der Waals surface area contributed by atoms with E-state index in [0.29, 0.717) is 36.6 Å². The third kappa shape index (κ3) is 5.47. The van der Waals surface area contributed by atoms with Crippen molar-refractivity contribution in [2.24, 2.45) is 0 Å². The maximum absolute atomic E-state index is 13.6. The van der Waals surface area contributed by atoms with Gasteiger partial charge in [0.15, 0.2) is 0 Å². The van der Waals surface area contributed by atoms with Gasteiger partial charge >= 0.3 is 0 Å². The lowest BCUT2D eigenvalue weighted by Gasteiger charge is -2.28. The molecule has 1 aliphatic heterocycles. The normalized spacial score (nSPS) is 17.1. The van der Waals surface area contributed by atoms with Gasteiger partial charge in [0.1, 0.15) is 12.4 Å². The summed E-state index contributed by atoms with van der Waals surface area (Å²) in [6, 6.07) is 19.3. The number of likely N-dealkylation sites (N-methyl/N-ethyl adjacent to an activating group) is 1. The molecule has 7 heteroatoms. The van der Waals surface area contributed by atoms with E-state index in [4.69, 9.17) is 4.74 Å². The number of aromatic nitrogens is 1. The molecule has 0 saturated carbocycles. The second-order valence-corrected chi connectivity index (χ2v) is 8.77. The molecule has 0 bridgehead atoms. The monoisotopic (exact) mass is 485 g/mol. The van der Waals surface area contributed by atoms with Crippen LogP contribution in [0.1, 0.15) is 36.6 Å². The van der Waals surface area contributed by atoms with Gasteiger partial charge in [-0.1, -0.05) is 54.3 Å². The van der Waals surface area contributed by atoms with E-state index in [1.807, 2.05) is 30.3 Å². The van der Waals surface area contributed by atoms with Crippen molar-refractivity contribution in [3.63, 3.8) is 0 Å². The summed E-state index contributed by atoms with van der Waals surface area (Å²) in [4.78, 5) is 33.2. The van der Waals surface area contributed by atoms with Gasteiger partial charge in [-0.3, -0.25) is 14.6 Å². The van der Waals surface area contributed by atoms with Crippen molar-refractivity contribution in [3.05, 3.63) is 101 Å². The summed E-state index contributed by atoms with van der Waals surface area (Å²) in [6.07, 6.45) is 3.24. The smallest absolute Gasteiger partial charge is 0.295 e. The molecule has 1 aliphatic rings. The van der Waals surface area contributed by atoms with Crippen LogP contribution in [0.3, 0.4) is 0 Å². The lowest BCUT2D eigenvalue weighted by molar-refractivity contribution is -0.895. The Bertz CT molecular complexity index is 1210. The second kappa shape index (κ2) is 11.6. The number of carbonyl (C=O) groups excluding carboxylic acids is 2. The van der Waals surface area contributed by atoms with E-state index < -0.39 is 23.5 Å². The third-order valence-corrected chi connectivity index (χ3v) is 6.60. The topological polar surface area (TPSA) is 87.0 Å². The number of likely N-dealkylation sites (tertiary alicyclic amines) is 1. The molecule has 1 saturated heterocycles. The maximum atomic E-state index is 13.6. The summed E-state index contributed by atoms with van der Waals surface area (Å²) in [5.41, 5.74) is 2.00. The summed E-state index contributed by atoms with van der Waals surface area (Å²) >= 11 is 0. The predicted molar refractivity (Wildman–Crippen MR) is 135 cm³/mol. The number of nitrogens with one attached hydrogen (secondary N) is 1. The third-order valence-electron chi connectivity index (χ3n) is 6.60. The number of hydrogen-bond acceptors (Lipinski definition) is 5. The van der Waals surface area contributed by atoms with Crippen LogP contribution in [0.15, 0.2) is 84.7 Å². The number of Topliss-reactive ketones (excluding diaryl/α,β-unsaturated/α-hetero) is 1. The van der Waals surface area contributed by atoms with Crippen molar-refractivity contribution in [1.82, 2.24) is 9.88 Å². The average Bonchev–Trinajstić information content (AvgIpc) is 3.18. The van der Waals surface area contributed by atoms with E-state index in [0.717, 1.165) is 18.7 Å². The molecule has 0 spiro atoms. The number of ketones is 1. The zero-order chi connectivity index (χ0) is 25.5. The van der Waals surface area contributed by atoms with Crippen LogP contribution in [0, 0.1) is 0 Å². The number of pyridine rings is 1. The number of quaternary nitrogens is 1. The van der Waals surface area contributed by atoms with E-state index in [1.165, 1.54) is 9.80 Å². The van der Waals surface area contributed by atoms with Crippen LogP contribution in [0.5, 0.6) is 5.75 Å². The number of ether oxygens (including phenoxy) is 1. The van der Waals surface area contributed by atoms with Crippen LogP contribution in [-0.4, -0.2) is 47.8 Å². The summed E-state index contributed by atoms with van der Waals surface area (Å²) in [6.45, 7) is 7.48. The first-order valence-corrected chi connectivity index (χ1v) is 12.3. The fourth-order valence-electron chi connectivity index (χ4n) is 4.47. The van der Waals surface area contributed by atoms with Crippen LogP contribution < -0.4 is 14.7 Å². The Morgan fingerprint density at radius 2 is 1.72 bits per heavy atom. The molecule has 1 unspecified atom stereocenters. The van der Waals surface area contributed by atoms with Gasteiger partial charge < -0.3 is 19.6 Å². The quantitative estimate of drug-likeness (QED) is 0.269. The zero-order valence-electron chi connectivity index (χ0n) is 20.6. The Morgan fingerprint density at radius 1 is 1.00 bits per heavy atom. The molecular weight excluding hydrogens is 454 g/mol. The lowest BCUT2D eigenvalue weighted by Crippen LogP contribution is -3.12. The molecular formula is C29H31N3O4. The van der Waals surface area contributed by atoms with Crippen molar-refractivity contribution in [3.8, 4) is 5.75 Å². The minimum Gasteiger partial charge on any atom is -0.872 e.